The number of hydrogen-bond acceptors (Lipinski definition) is 7. The highest BCUT2D eigenvalue weighted by atomic mass is 32.1. The van der Waals surface area contributed by atoms with Crippen LogP contribution in [0.4, 0.5) is 5.00 Å². The average molecular weight is 376 g/mol. The average Bonchev–Trinajstić information content (AvgIpc) is 3.05. The fourth-order valence-electron chi connectivity index (χ4n) is 2.01. The fraction of sp³-hybridized carbons (Fsp3) is 0.333. The van der Waals surface area contributed by atoms with Gasteiger partial charge in [0.1, 0.15) is 5.00 Å². The Bertz CT molecular complexity index is 786. The van der Waals surface area contributed by atoms with Crippen LogP contribution in [0.1, 0.15) is 52.3 Å². The fourth-order valence-corrected chi connectivity index (χ4v) is 3.08. The Morgan fingerprint density at radius 2 is 1.85 bits per heavy atom. The van der Waals surface area contributed by atoms with E-state index in [4.69, 9.17) is 9.47 Å². The number of ether oxygens (including phenoxy) is 2. The summed E-state index contributed by atoms with van der Waals surface area (Å²) in [5, 5.41) is 3.01. The van der Waals surface area contributed by atoms with Crippen molar-refractivity contribution < 1.29 is 23.9 Å². The van der Waals surface area contributed by atoms with Crippen molar-refractivity contribution in [3.05, 3.63) is 46.6 Å². The number of carbonyl (C=O) groups excluding carboxylic acids is 3. The molecular formula is C18H20N2O5S. The Balaban J connectivity index is 2.03. The molecule has 1 N–H and O–H groups in total. The van der Waals surface area contributed by atoms with Crippen LogP contribution >= 0.6 is 11.3 Å². The zero-order valence-electron chi connectivity index (χ0n) is 14.8. The molecule has 8 heteroatoms. The summed E-state index contributed by atoms with van der Waals surface area (Å²) in [6.07, 6.45) is 2.92. The number of nitrogens with one attached hydrogen (secondary N) is 1. The van der Waals surface area contributed by atoms with E-state index in [-0.39, 0.29) is 12.5 Å². The van der Waals surface area contributed by atoms with Crippen molar-refractivity contribution in [2.75, 3.05) is 18.5 Å². The Hall–Kier alpha value is -2.74. The molecule has 0 saturated carbocycles. The SMILES string of the molecule is CCOC(=O)c1cc(C(C)C)sc1NC(=O)COC(=O)c1ccncc1. The van der Waals surface area contributed by atoms with Gasteiger partial charge in [0.15, 0.2) is 6.61 Å². The maximum Gasteiger partial charge on any atom is 0.341 e. The summed E-state index contributed by atoms with van der Waals surface area (Å²) in [4.78, 5) is 40.8. The Labute approximate surface area is 155 Å². The minimum atomic E-state index is -0.623. The second-order valence-electron chi connectivity index (χ2n) is 5.63. The van der Waals surface area contributed by atoms with Gasteiger partial charge in [0.2, 0.25) is 0 Å². The van der Waals surface area contributed by atoms with Crippen LogP contribution in [-0.4, -0.2) is 36.0 Å². The molecule has 0 aliphatic rings. The molecule has 0 radical (unpaired) electrons. The third kappa shape index (κ3) is 5.13. The first-order chi connectivity index (χ1) is 12.4. The second-order valence-corrected chi connectivity index (χ2v) is 6.71. The quantitative estimate of drug-likeness (QED) is 0.746. The lowest BCUT2D eigenvalue weighted by Gasteiger charge is -2.07. The van der Waals surface area contributed by atoms with E-state index in [1.807, 2.05) is 13.8 Å². The van der Waals surface area contributed by atoms with E-state index in [2.05, 4.69) is 10.3 Å². The minimum Gasteiger partial charge on any atom is -0.462 e. The van der Waals surface area contributed by atoms with E-state index in [1.54, 1.807) is 13.0 Å². The Morgan fingerprint density at radius 3 is 2.46 bits per heavy atom. The van der Waals surface area contributed by atoms with Gasteiger partial charge in [0.05, 0.1) is 17.7 Å². The Kier molecular flexibility index (Phi) is 6.85. The van der Waals surface area contributed by atoms with Gasteiger partial charge in [-0.05, 0) is 31.0 Å². The van der Waals surface area contributed by atoms with E-state index in [9.17, 15) is 14.4 Å². The van der Waals surface area contributed by atoms with Crippen LogP contribution < -0.4 is 5.32 Å². The lowest BCUT2D eigenvalue weighted by Crippen LogP contribution is -2.21. The molecular weight excluding hydrogens is 356 g/mol. The summed E-state index contributed by atoms with van der Waals surface area (Å²) in [5.74, 6) is -1.46. The van der Waals surface area contributed by atoms with Gasteiger partial charge in [-0.15, -0.1) is 11.3 Å². The van der Waals surface area contributed by atoms with Crippen molar-refractivity contribution in [2.24, 2.45) is 0 Å². The first-order valence-electron chi connectivity index (χ1n) is 8.10. The van der Waals surface area contributed by atoms with Gasteiger partial charge >= 0.3 is 11.9 Å². The molecule has 0 aliphatic heterocycles. The van der Waals surface area contributed by atoms with Crippen LogP contribution in [0, 0.1) is 0 Å². The van der Waals surface area contributed by atoms with Gasteiger partial charge in [-0.1, -0.05) is 13.8 Å². The van der Waals surface area contributed by atoms with Crippen molar-refractivity contribution in [3.8, 4) is 0 Å². The third-order valence-corrected chi connectivity index (χ3v) is 4.67. The topological polar surface area (TPSA) is 94.6 Å². The third-order valence-electron chi connectivity index (χ3n) is 3.32. The number of esters is 2. The monoisotopic (exact) mass is 376 g/mol. The highest BCUT2D eigenvalue weighted by Crippen LogP contribution is 2.33. The summed E-state index contributed by atoms with van der Waals surface area (Å²) in [7, 11) is 0. The van der Waals surface area contributed by atoms with Crippen molar-refractivity contribution >= 4 is 34.2 Å². The zero-order chi connectivity index (χ0) is 19.1. The molecule has 1 amide bonds. The normalized spacial score (nSPS) is 10.5. The number of anilines is 1. The molecule has 2 rings (SSSR count). The maximum absolute atomic E-state index is 12.1. The van der Waals surface area contributed by atoms with Gasteiger partial charge in [0.25, 0.3) is 5.91 Å². The lowest BCUT2D eigenvalue weighted by atomic mass is 10.1. The molecule has 0 aliphatic carbocycles. The van der Waals surface area contributed by atoms with Crippen LogP contribution in [0.5, 0.6) is 0 Å². The number of rotatable bonds is 7. The van der Waals surface area contributed by atoms with Gasteiger partial charge in [-0.2, -0.15) is 0 Å². The molecule has 0 fully saturated rings. The van der Waals surface area contributed by atoms with Crippen molar-refractivity contribution in [1.82, 2.24) is 4.98 Å². The van der Waals surface area contributed by atoms with Gasteiger partial charge in [-0.3, -0.25) is 9.78 Å². The van der Waals surface area contributed by atoms with E-state index in [1.165, 1.54) is 35.9 Å². The predicted molar refractivity (Wildman–Crippen MR) is 97.5 cm³/mol. The van der Waals surface area contributed by atoms with Gasteiger partial charge < -0.3 is 14.8 Å². The number of nitrogens with zero attached hydrogens (tertiary/aromatic N) is 1. The van der Waals surface area contributed by atoms with Crippen LogP contribution in [0.3, 0.4) is 0 Å². The first-order valence-corrected chi connectivity index (χ1v) is 8.91. The molecule has 0 aromatic carbocycles. The van der Waals surface area contributed by atoms with Gasteiger partial charge in [-0.25, -0.2) is 9.59 Å². The van der Waals surface area contributed by atoms with Crippen LogP contribution in [0.15, 0.2) is 30.6 Å². The van der Waals surface area contributed by atoms with Crippen LogP contribution in [-0.2, 0) is 14.3 Å². The summed E-state index contributed by atoms with van der Waals surface area (Å²) in [6, 6.07) is 4.70. The van der Waals surface area contributed by atoms with E-state index >= 15 is 0 Å². The van der Waals surface area contributed by atoms with E-state index in [0.29, 0.717) is 16.1 Å². The number of amides is 1. The molecule has 0 saturated heterocycles. The summed E-state index contributed by atoms with van der Waals surface area (Å²) >= 11 is 1.30. The number of thiophene rings is 1. The lowest BCUT2D eigenvalue weighted by molar-refractivity contribution is -0.119. The number of pyridine rings is 1. The molecule has 2 aromatic rings. The van der Waals surface area contributed by atoms with Crippen molar-refractivity contribution in [1.29, 1.82) is 0 Å². The maximum atomic E-state index is 12.1. The molecule has 0 atom stereocenters. The molecule has 0 unspecified atom stereocenters. The summed E-state index contributed by atoms with van der Waals surface area (Å²) in [6.45, 7) is 5.47. The second kappa shape index (κ2) is 9.10. The molecule has 0 spiro atoms. The summed E-state index contributed by atoms with van der Waals surface area (Å²) in [5.41, 5.74) is 0.604. The first kappa shape index (κ1) is 19.6. The Morgan fingerprint density at radius 1 is 1.15 bits per heavy atom. The number of hydrogen-bond donors (Lipinski definition) is 1. The highest BCUT2D eigenvalue weighted by molar-refractivity contribution is 7.16. The predicted octanol–water partition coefficient (Wildman–Crippen LogP) is 3.24. The summed E-state index contributed by atoms with van der Waals surface area (Å²) < 4.78 is 10.00. The van der Waals surface area contributed by atoms with Gasteiger partial charge in [0, 0.05) is 17.3 Å². The standard InChI is InChI=1S/C18H20N2O5S/c1-4-24-18(23)13-9-14(11(2)3)26-16(13)20-15(21)10-25-17(22)12-5-7-19-8-6-12/h5-9,11H,4,10H2,1-3H3,(H,20,21). The number of aromatic nitrogens is 1. The molecule has 138 valence electrons. The molecule has 7 nitrogen and oxygen atoms in total. The minimum absolute atomic E-state index is 0.198. The number of carbonyl (C=O) groups is 3. The van der Waals surface area contributed by atoms with Crippen molar-refractivity contribution in [2.45, 2.75) is 26.7 Å². The van der Waals surface area contributed by atoms with Crippen LogP contribution in [0.2, 0.25) is 0 Å². The van der Waals surface area contributed by atoms with Crippen molar-refractivity contribution in [3.63, 3.8) is 0 Å². The largest absolute Gasteiger partial charge is 0.462 e. The molecule has 2 aromatic heterocycles. The smallest absolute Gasteiger partial charge is 0.341 e. The van der Waals surface area contributed by atoms with Crippen LogP contribution in [0.25, 0.3) is 0 Å². The molecule has 0 bridgehead atoms. The zero-order valence-corrected chi connectivity index (χ0v) is 15.6. The van der Waals surface area contributed by atoms with E-state index in [0.717, 1.165) is 4.88 Å². The highest BCUT2D eigenvalue weighted by Gasteiger charge is 2.20. The molecule has 26 heavy (non-hydrogen) atoms. The molecule has 2 heterocycles. The van der Waals surface area contributed by atoms with E-state index < -0.39 is 24.5 Å².